The Hall–Kier alpha value is -1.52. The molecule has 3 N–H and O–H groups in total. The molecule has 0 radical (unpaired) electrons. The van der Waals surface area contributed by atoms with Crippen molar-refractivity contribution in [2.24, 2.45) is 0 Å². The lowest BCUT2D eigenvalue weighted by Crippen LogP contribution is -2.28. The summed E-state index contributed by atoms with van der Waals surface area (Å²) in [5, 5.41) is 6.05. The minimum Gasteiger partial charge on any atom is -0.398 e. The van der Waals surface area contributed by atoms with Gasteiger partial charge in [-0.2, -0.15) is 0 Å². The molecule has 2 heterocycles. The summed E-state index contributed by atoms with van der Waals surface area (Å²) in [7, 11) is 0. The molecule has 2 aromatic rings. The first-order valence-electron chi connectivity index (χ1n) is 6.56. The van der Waals surface area contributed by atoms with Crippen LogP contribution in [0.15, 0.2) is 24.4 Å². The minimum absolute atomic E-state index is 0.713. The number of halogens is 1. The average molecular weight is 277 g/mol. The standard InChI is InChI=1S/C14H17ClN4/c15-11-2-3-12(16)10-4-6-18-14(13(10)11)19-8-1-5-17-7-9-19/h2-4,6,17H,1,5,7-9,16H2. The maximum atomic E-state index is 6.36. The summed E-state index contributed by atoms with van der Waals surface area (Å²) in [5.74, 6) is 0.943. The largest absolute Gasteiger partial charge is 0.398 e. The Morgan fingerprint density at radius 3 is 3.00 bits per heavy atom. The molecule has 1 aromatic carbocycles. The van der Waals surface area contributed by atoms with E-state index >= 15 is 0 Å². The van der Waals surface area contributed by atoms with Crippen molar-refractivity contribution in [3.63, 3.8) is 0 Å². The Morgan fingerprint density at radius 1 is 1.21 bits per heavy atom. The van der Waals surface area contributed by atoms with Gasteiger partial charge in [-0.1, -0.05) is 11.6 Å². The molecule has 0 saturated carbocycles. The van der Waals surface area contributed by atoms with Crippen LogP contribution in [-0.4, -0.2) is 31.2 Å². The van der Waals surface area contributed by atoms with Crippen molar-refractivity contribution in [1.82, 2.24) is 10.3 Å². The Kier molecular flexibility index (Phi) is 3.44. The number of benzene rings is 1. The van der Waals surface area contributed by atoms with Gasteiger partial charge < -0.3 is 16.0 Å². The number of rotatable bonds is 1. The molecule has 5 heteroatoms. The summed E-state index contributed by atoms with van der Waals surface area (Å²) in [6.07, 6.45) is 2.92. The second-order valence-corrected chi connectivity index (χ2v) is 5.19. The second-order valence-electron chi connectivity index (χ2n) is 4.78. The van der Waals surface area contributed by atoms with Crippen LogP contribution in [0.25, 0.3) is 10.8 Å². The molecule has 0 amide bonds. The Labute approximate surface area is 117 Å². The van der Waals surface area contributed by atoms with Gasteiger partial charge in [0.1, 0.15) is 5.82 Å². The van der Waals surface area contributed by atoms with Crippen LogP contribution in [0.2, 0.25) is 5.02 Å². The first-order valence-corrected chi connectivity index (χ1v) is 6.93. The van der Waals surface area contributed by atoms with Gasteiger partial charge in [0, 0.05) is 42.3 Å². The molecular formula is C14H17ClN4. The highest BCUT2D eigenvalue weighted by molar-refractivity contribution is 6.37. The molecule has 19 heavy (non-hydrogen) atoms. The lowest BCUT2D eigenvalue weighted by molar-refractivity contribution is 0.724. The number of anilines is 2. The van der Waals surface area contributed by atoms with E-state index in [1.54, 1.807) is 0 Å². The third kappa shape index (κ3) is 2.33. The summed E-state index contributed by atoms with van der Waals surface area (Å²) in [4.78, 5) is 6.82. The number of aromatic nitrogens is 1. The Bertz CT molecular complexity index is 591. The molecule has 0 bridgehead atoms. The zero-order valence-electron chi connectivity index (χ0n) is 10.7. The fraction of sp³-hybridized carbons (Fsp3) is 0.357. The number of nitrogens with two attached hydrogens (primary N) is 1. The van der Waals surface area contributed by atoms with Crippen LogP contribution < -0.4 is 16.0 Å². The topological polar surface area (TPSA) is 54.2 Å². The molecule has 1 aromatic heterocycles. The van der Waals surface area contributed by atoms with Gasteiger partial charge in [0.25, 0.3) is 0 Å². The van der Waals surface area contributed by atoms with E-state index in [-0.39, 0.29) is 0 Å². The minimum atomic E-state index is 0.713. The summed E-state index contributed by atoms with van der Waals surface area (Å²) in [5.41, 5.74) is 6.78. The van der Waals surface area contributed by atoms with E-state index in [2.05, 4.69) is 15.2 Å². The molecular weight excluding hydrogens is 260 g/mol. The summed E-state index contributed by atoms with van der Waals surface area (Å²) in [6, 6.07) is 5.62. The van der Waals surface area contributed by atoms with Gasteiger partial charge in [-0.25, -0.2) is 4.98 Å². The van der Waals surface area contributed by atoms with Gasteiger partial charge in [-0.15, -0.1) is 0 Å². The van der Waals surface area contributed by atoms with Crippen LogP contribution in [0.4, 0.5) is 11.5 Å². The molecule has 100 valence electrons. The van der Waals surface area contributed by atoms with Crippen molar-refractivity contribution >= 4 is 33.9 Å². The smallest absolute Gasteiger partial charge is 0.138 e. The first-order chi connectivity index (χ1) is 9.27. The normalized spacial score (nSPS) is 16.6. The van der Waals surface area contributed by atoms with Crippen molar-refractivity contribution in [3.05, 3.63) is 29.4 Å². The summed E-state index contributed by atoms with van der Waals surface area (Å²) in [6.45, 7) is 3.95. The van der Waals surface area contributed by atoms with Gasteiger partial charge in [0.05, 0.1) is 5.02 Å². The van der Waals surface area contributed by atoms with E-state index in [0.29, 0.717) is 5.02 Å². The van der Waals surface area contributed by atoms with E-state index in [9.17, 15) is 0 Å². The number of fused-ring (bicyclic) bond motifs is 1. The molecule has 4 nitrogen and oxygen atoms in total. The maximum Gasteiger partial charge on any atom is 0.138 e. The summed E-state index contributed by atoms with van der Waals surface area (Å²) < 4.78 is 0. The van der Waals surface area contributed by atoms with Crippen LogP contribution in [0, 0.1) is 0 Å². The molecule has 1 aliphatic heterocycles. The van der Waals surface area contributed by atoms with E-state index in [4.69, 9.17) is 17.3 Å². The Morgan fingerprint density at radius 2 is 2.11 bits per heavy atom. The lowest BCUT2D eigenvalue weighted by Gasteiger charge is -2.23. The van der Waals surface area contributed by atoms with Crippen molar-refractivity contribution in [1.29, 1.82) is 0 Å². The van der Waals surface area contributed by atoms with Gasteiger partial charge in [-0.3, -0.25) is 0 Å². The number of hydrogen-bond donors (Lipinski definition) is 2. The van der Waals surface area contributed by atoms with Crippen molar-refractivity contribution in [2.45, 2.75) is 6.42 Å². The van der Waals surface area contributed by atoms with E-state index in [1.807, 2.05) is 24.4 Å². The highest BCUT2D eigenvalue weighted by atomic mass is 35.5. The van der Waals surface area contributed by atoms with Gasteiger partial charge >= 0.3 is 0 Å². The first kappa shape index (κ1) is 12.5. The molecule has 0 atom stereocenters. The van der Waals surface area contributed by atoms with Crippen LogP contribution in [0.1, 0.15) is 6.42 Å². The molecule has 1 saturated heterocycles. The predicted molar refractivity (Wildman–Crippen MR) is 80.9 cm³/mol. The number of nitrogens with one attached hydrogen (secondary N) is 1. The SMILES string of the molecule is Nc1ccc(Cl)c2c(N3CCCNCC3)nccc12. The monoisotopic (exact) mass is 276 g/mol. The second kappa shape index (κ2) is 5.23. The van der Waals surface area contributed by atoms with Crippen LogP contribution in [0.3, 0.4) is 0 Å². The van der Waals surface area contributed by atoms with Crippen molar-refractivity contribution < 1.29 is 0 Å². The Balaban J connectivity index is 2.15. The zero-order chi connectivity index (χ0) is 13.2. The third-order valence-electron chi connectivity index (χ3n) is 3.53. The maximum absolute atomic E-state index is 6.36. The van der Waals surface area contributed by atoms with E-state index in [1.165, 1.54) is 0 Å². The molecule has 0 unspecified atom stereocenters. The fourth-order valence-corrected chi connectivity index (χ4v) is 2.81. The van der Waals surface area contributed by atoms with Crippen molar-refractivity contribution in [3.8, 4) is 0 Å². The van der Waals surface area contributed by atoms with Gasteiger partial charge in [0.15, 0.2) is 0 Å². The number of nitrogens with zero attached hydrogens (tertiary/aromatic N) is 2. The average Bonchev–Trinajstić information content (AvgIpc) is 2.71. The van der Waals surface area contributed by atoms with E-state index < -0.39 is 0 Å². The lowest BCUT2D eigenvalue weighted by atomic mass is 10.1. The number of pyridine rings is 1. The predicted octanol–water partition coefficient (Wildman–Crippen LogP) is 2.27. The van der Waals surface area contributed by atoms with Crippen LogP contribution in [0.5, 0.6) is 0 Å². The molecule has 1 aliphatic rings. The molecule has 0 spiro atoms. The zero-order valence-corrected chi connectivity index (χ0v) is 11.5. The number of nitrogen functional groups attached to an aromatic ring is 1. The fourth-order valence-electron chi connectivity index (χ4n) is 2.56. The quantitative estimate of drug-likeness (QED) is 0.785. The molecule has 3 rings (SSSR count). The third-order valence-corrected chi connectivity index (χ3v) is 3.84. The number of hydrogen-bond acceptors (Lipinski definition) is 4. The molecule has 1 fully saturated rings. The van der Waals surface area contributed by atoms with Crippen LogP contribution in [-0.2, 0) is 0 Å². The van der Waals surface area contributed by atoms with Gasteiger partial charge in [-0.05, 0) is 31.2 Å². The summed E-state index contributed by atoms with van der Waals surface area (Å²) >= 11 is 6.36. The van der Waals surface area contributed by atoms with Crippen LogP contribution >= 0.6 is 11.6 Å². The van der Waals surface area contributed by atoms with Crippen molar-refractivity contribution in [2.75, 3.05) is 36.8 Å². The van der Waals surface area contributed by atoms with Gasteiger partial charge in [0.2, 0.25) is 0 Å². The highest BCUT2D eigenvalue weighted by Gasteiger charge is 2.16. The highest BCUT2D eigenvalue weighted by Crippen LogP contribution is 2.34. The van der Waals surface area contributed by atoms with E-state index in [0.717, 1.165) is 54.9 Å². The molecule has 0 aliphatic carbocycles.